The van der Waals surface area contributed by atoms with E-state index in [0.717, 1.165) is 30.7 Å². The largest absolute Gasteiger partial charge is 0.497 e. The van der Waals surface area contributed by atoms with Crippen molar-refractivity contribution in [1.29, 1.82) is 0 Å². The van der Waals surface area contributed by atoms with Gasteiger partial charge in [-0.2, -0.15) is 4.98 Å². The van der Waals surface area contributed by atoms with Crippen LogP contribution in [0.3, 0.4) is 0 Å². The maximum absolute atomic E-state index is 12.7. The van der Waals surface area contributed by atoms with Crippen molar-refractivity contribution in [2.24, 2.45) is 5.92 Å². The predicted molar refractivity (Wildman–Crippen MR) is 111 cm³/mol. The van der Waals surface area contributed by atoms with Gasteiger partial charge in [-0.15, -0.1) is 0 Å². The molecule has 0 aliphatic carbocycles. The van der Waals surface area contributed by atoms with Crippen LogP contribution in [0.2, 0.25) is 5.02 Å². The van der Waals surface area contributed by atoms with Gasteiger partial charge in [-0.1, -0.05) is 28.9 Å². The Hall–Kier alpha value is -3.06. The minimum Gasteiger partial charge on any atom is -0.497 e. The third kappa shape index (κ3) is 4.35. The van der Waals surface area contributed by atoms with E-state index in [0.29, 0.717) is 29.1 Å². The van der Waals surface area contributed by atoms with E-state index in [9.17, 15) is 4.79 Å². The summed E-state index contributed by atoms with van der Waals surface area (Å²) in [6.07, 6.45) is 1.66. The van der Waals surface area contributed by atoms with Crippen LogP contribution >= 0.6 is 11.6 Å². The number of piperidine rings is 1. The van der Waals surface area contributed by atoms with Gasteiger partial charge in [0.1, 0.15) is 5.75 Å². The minimum atomic E-state index is -0.184. The lowest BCUT2D eigenvalue weighted by Gasteiger charge is -2.30. The second kappa shape index (κ2) is 8.53. The molecule has 1 aromatic heterocycles. The Morgan fingerprint density at radius 2 is 2.03 bits per heavy atom. The maximum Gasteiger partial charge on any atom is 0.324 e. The number of anilines is 2. The number of methoxy groups -OCH3 is 1. The smallest absolute Gasteiger partial charge is 0.324 e. The van der Waals surface area contributed by atoms with Gasteiger partial charge in [0.2, 0.25) is 11.7 Å². The van der Waals surface area contributed by atoms with Crippen LogP contribution in [0.5, 0.6) is 5.75 Å². The van der Waals surface area contributed by atoms with Gasteiger partial charge in [0.05, 0.1) is 23.7 Å². The number of ether oxygens (including phenoxy) is 1. The summed E-state index contributed by atoms with van der Waals surface area (Å²) in [6, 6.07) is 15.1. The molecule has 150 valence electrons. The van der Waals surface area contributed by atoms with Crippen molar-refractivity contribution >= 4 is 29.2 Å². The summed E-state index contributed by atoms with van der Waals surface area (Å²) in [4.78, 5) is 19.2. The molecule has 1 amide bonds. The second-order valence-electron chi connectivity index (χ2n) is 6.88. The van der Waals surface area contributed by atoms with Crippen LogP contribution in [-0.2, 0) is 4.79 Å². The SMILES string of the molecule is COc1ccc(-c2noc(N3CCC[C@H](C(=O)Nc4ccccc4Cl)C3)n2)cc1. The predicted octanol–water partition coefficient (Wildman–Crippen LogP) is 4.25. The van der Waals surface area contributed by atoms with Crippen LogP contribution < -0.4 is 15.0 Å². The highest BCUT2D eigenvalue weighted by atomic mass is 35.5. The molecule has 29 heavy (non-hydrogen) atoms. The minimum absolute atomic E-state index is 0.0577. The molecule has 1 saturated heterocycles. The first kappa shape index (κ1) is 19.3. The van der Waals surface area contributed by atoms with E-state index < -0.39 is 0 Å². The van der Waals surface area contributed by atoms with Crippen molar-refractivity contribution in [3.63, 3.8) is 0 Å². The molecule has 1 aliphatic rings. The summed E-state index contributed by atoms with van der Waals surface area (Å²) in [7, 11) is 1.62. The van der Waals surface area contributed by atoms with Gasteiger partial charge >= 0.3 is 6.01 Å². The van der Waals surface area contributed by atoms with Crippen molar-refractivity contribution < 1.29 is 14.1 Å². The number of para-hydroxylation sites is 1. The number of carbonyl (C=O) groups is 1. The van der Waals surface area contributed by atoms with Gasteiger partial charge in [0.15, 0.2) is 0 Å². The molecule has 1 N–H and O–H groups in total. The lowest BCUT2D eigenvalue weighted by molar-refractivity contribution is -0.120. The number of carbonyl (C=O) groups excluding carboxylic acids is 1. The molecule has 1 fully saturated rings. The monoisotopic (exact) mass is 412 g/mol. The third-order valence-electron chi connectivity index (χ3n) is 4.96. The first-order valence-electron chi connectivity index (χ1n) is 9.42. The Morgan fingerprint density at radius 3 is 2.79 bits per heavy atom. The number of halogens is 1. The maximum atomic E-state index is 12.7. The van der Waals surface area contributed by atoms with Gasteiger partial charge in [-0.25, -0.2) is 0 Å². The number of hydrogen-bond acceptors (Lipinski definition) is 6. The average Bonchev–Trinajstić information content (AvgIpc) is 3.26. The zero-order valence-corrected chi connectivity index (χ0v) is 16.7. The fourth-order valence-electron chi connectivity index (χ4n) is 3.36. The summed E-state index contributed by atoms with van der Waals surface area (Å²) >= 11 is 6.15. The Kier molecular flexibility index (Phi) is 5.67. The zero-order valence-electron chi connectivity index (χ0n) is 16.0. The number of amides is 1. The lowest BCUT2D eigenvalue weighted by atomic mass is 9.97. The molecule has 1 atom stereocenters. The van der Waals surface area contributed by atoms with Crippen molar-refractivity contribution in [3.8, 4) is 17.1 Å². The van der Waals surface area contributed by atoms with Gasteiger partial charge < -0.3 is 19.5 Å². The first-order chi connectivity index (χ1) is 14.1. The highest BCUT2D eigenvalue weighted by molar-refractivity contribution is 6.33. The fraction of sp³-hybridized carbons (Fsp3) is 0.286. The Labute approximate surface area is 173 Å². The molecule has 7 nitrogen and oxygen atoms in total. The number of nitrogens with one attached hydrogen (secondary N) is 1. The lowest BCUT2D eigenvalue weighted by Crippen LogP contribution is -2.41. The Morgan fingerprint density at radius 1 is 1.24 bits per heavy atom. The number of aromatic nitrogens is 2. The zero-order chi connectivity index (χ0) is 20.2. The summed E-state index contributed by atoms with van der Waals surface area (Å²) < 4.78 is 10.6. The third-order valence-corrected chi connectivity index (χ3v) is 5.29. The summed E-state index contributed by atoms with van der Waals surface area (Å²) in [5.74, 6) is 1.03. The van der Waals surface area contributed by atoms with E-state index >= 15 is 0 Å². The summed E-state index contributed by atoms with van der Waals surface area (Å²) in [6.45, 7) is 1.28. The molecular formula is C21H21ClN4O3. The molecule has 4 rings (SSSR count). The van der Waals surface area contributed by atoms with E-state index in [4.69, 9.17) is 20.9 Å². The second-order valence-corrected chi connectivity index (χ2v) is 7.29. The Bertz CT molecular complexity index is 990. The molecule has 0 spiro atoms. The topological polar surface area (TPSA) is 80.5 Å². The van der Waals surface area contributed by atoms with Gasteiger partial charge in [0, 0.05) is 18.7 Å². The first-order valence-corrected chi connectivity index (χ1v) is 9.80. The van der Waals surface area contributed by atoms with Gasteiger partial charge in [-0.3, -0.25) is 4.79 Å². The van der Waals surface area contributed by atoms with E-state index in [1.807, 2.05) is 41.3 Å². The van der Waals surface area contributed by atoms with Crippen LogP contribution in [0.25, 0.3) is 11.4 Å². The Balaban J connectivity index is 1.44. The van der Waals surface area contributed by atoms with Crippen LogP contribution in [0.1, 0.15) is 12.8 Å². The van der Waals surface area contributed by atoms with Crippen molar-refractivity contribution in [2.45, 2.75) is 12.8 Å². The number of hydrogen-bond donors (Lipinski definition) is 1. The molecule has 3 aromatic rings. The van der Waals surface area contributed by atoms with Crippen LogP contribution in [0.4, 0.5) is 11.7 Å². The van der Waals surface area contributed by atoms with Crippen molar-refractivity contribution in [2.75, 3.05) is 30.4 Å². The molecule has 1 aliphatic heterocycles. The van der Waals surface area contributed by atoms with E-state index in [-0.39, 0.29) is 11.8 Å². The van der Waals surface area contributed by atoms with E-state index in [1.54, 1.807) is 19.2 Å². The highest BCUT2D eigenvalue weighted by Crippen LogP contribution is 2.27. The average molecular weight is 413 g/mol. The summed E-state index contributed by atoms with van der Waals surface area (Å²) in [5.41, 5.74) is 1.46. The van der Waals surface area contributed by atoms with Crippen LogP contribution in [-0.4, -0.2) is 36.2 Å². The number of rotatable bonds is 5. The molecule has 2 heterocycles. The van der Waals surface area contributed by atoms with E-state index in [2.05, 4.69) is 15.5 Å². The molecule has 0 saturated carbocycles. The fourth-order valence-corrected chi connectivity index (χ4v) is 3.55. The molecule has 2 aromatic carbocycles. The van der Waals surface area contributed by atoms with Crippen molar-refractivity contribution in [1.82, 2.24) is 10.1 Å². The van der Waals surface area contributed by atoms with Gasteiger partial charge in [-0.05, 0) is 49.2 Å². The number of benzene rings is 2. The van der Waals surface area contributed by atoms with E-state index in [1.165, 1.54) is 0 Å². The quantitative estimate of drug-likeness (QED) is 0.674. The summed E-state index contributed by atoms with van der Waals surface area (Å²) in [5, 5.41) is 7.52. The van der Waals surface area contributed by atoms with Crippen LogP contribution in [0.15, 0.2) is 53.1 Å². The van der Waals surface area contributed by atoms with Crippen LogP contribution in [0, 0.1) is 5.92 Å². The van der Waals surface area contributed by atoms with Crippen molar-refractivity contribution in [3.05, 3.63) is 53.6 Å². The number of nitrogens with zero attached hydrogens (tertiary/aromatic N) is 3. The molecular weight excluding hydrogens is 392 g/mol. The molecule has 0 bridgehead atoms. The highest BCUT2D eigenvalue weighted by Gasteiger charge is 2.29. The molecule has 0 radical (unpaired) electrons. The van der Waals surface area contributed by atoms with Gasteiger partial charge in [0.25, 0.3) is 0 Å². The molecule has 0 unspecified atom stereocenters. The standard InChI is InChI=1S/C21H21ClN4O3/c1-28-16-10-8-14(9-11-16)19-24-21(29-25-19)26-12-4-5-15(13-26)20(27)23-18-7-3-2-6-17(18)22/h2-3,6-11,15H,4-5,12-13H2,1H3,(H,23,27)/t15-/m0/s1. The molecule has 8 heteroatoms. The normalized spacial score (nSPS) is 16.5.